The third kappa shape index (κ3) is 3.65. The maximum Gasteiger partial charge on any atom is 0.300 e. The fraction of sp³-hybridized carbons (Fsp3) is 0. The molecule has 0 saturated carbocycles. The molecule has 100 valence electrons. The van der Waals surface area contributed by atoms with E-state index < -0.39 is 17.5 Å². The molecule has 2 aromatic rings. The summed E-state index contributed by atoms with van der Waals surface area (Å²) in [6.45, 7) is 0. The molecule has 0 saturated heterocycles. The Labute approximate surface area is 122 Å². The molecule has 0 aliphatic rings. The van der Waals surface area contributed by atoms with Crippen molar-refractivity contribution >= 4 is 27.5 Å². The van der Waals surface area contributed by atoms with Gasteiger partial charge in [-0.05, 0) is 34.1 Å². The Hall–Kier alpha value is -2.19. The predicted octanol–water partition coefficient (Wildman–Crippen LogP) is 3.72. The Morgan fingerprint density at radius 3 is 2.50 bits per heavy atom. The molecule has 0 aliphatic carbocycles. The molecule has 1 N–H and O–H groups in total. The first-order valence-corrected chi connectivity index (χ1v) is 6.38. The van der Waals surface area contributed by atoms with Crippen LogP contribution in [0, 0.1) is 23.5 Å². The van der Waals surface area contributed by atoms with Gasteiger partial charge in [0, 0.05) is 17.6 Å². The molecule has 2 nitrogen and oxygen atoms in total. The summed E-state index contributed by atoms with van der Waals surface area (Å²) < 4.78 is 26.7. The van der Waals surface area contributed by atoms with Crippen LogP contribution >= 0.6 is 15.9 Å². The highest BCUT2D eigenvalue weighted by atomic mass is 79.9. The van der Waals surface area contributed by atoms with Crippen molar-refractivity contribution in [1.82, 2.24) is 0 Å². The Morgan fingerprint density at radius 2 is 1.80 bits per heavy atom. The molecule has 20 heavy (non-hydrogen) atoms. The average Bonchev–Trinajstić information content (AvgIpc) is 2.44. The van der Waals surface area contributed by atoms with E-state index in [1.54, 1.807) is 24.3 Å². The van der Waals surface area contributed by atoms with Crippen LogP contribution < -0.4 is 5.32 Å². The topological polar surface area (TPSA) is 29.1 Å². The van der Waals surface area contributed by atoms with Gasteiger partial charge in [0.15, 0.2) is 0 Å². The summed E-state index contributed by atoms with van der Waals surface area (Å²) in [6, 6.07) is 10.7. The van der Waals surface area contributed by atoms with Crippen molar-refractivity contribution < 1.29 is 13.6 Å². The molecule has 2 aromatic carbocycles. The molecular formula is C15H8BrF2NO. The van der Waals surface area contributed by atoms with E-state index in [9.17, 15) is 13.6 Å². The zero-order valence-electron chi connectivity index (χ0n) is 10.1. The van der Waals surface area contributed by atoms with Crippen LogP contribution in [0.3, 0.4) is 0 Å². The minimum atomic E-state index is -0.742. The lowest BCUT2D eigenvalue weighted by Gasteiger charge is -2.04. The van der Waals surface area contributed by atoms with E-state index in [4.69, 9.17) is 0 Å². The Balaban J connectivity index is 2.13. The molecular weight excluding hydrogens is 328 g/mol. The molecule has 2 rings (SSSR count). The van der Waals surface area contributed by atoms with Gasteiger partial charge >= 0.3 is 5.91 Å². The van der Waals surface area contributed by atoms with Crippen LogP contribution in [0.5, 0.6) is 0 Å². The predicted molar refractivity (Wildman–Crippen MR) is 76.0 cm³/mol. The molecule has 0 unspecified atom stereocenters. The SMILES string of the molecule is O=C(C#Cc1ccccc1)Nc1cc(F)c(Br)cc1F. The van der Waals surface area contributed by atoms with Crippen molar-refractivity contribution in [3.63, 3.8) is 0 Å². The molecule has 0 heterocycles. The number of rotatable bonds is 1. The van der Waals surface area contributed by atoms with Crippen LogP contribution in [0.1, 0.15) is 5.56 Å². The highest BCUT2D eigenvalue weighted by molar-refractivity contribution is 9.10. The fourth-order valence-corrected chi connectivity index (χ4v) is 1.74. The molecule has 0 atom stereocenters. The van der Waals surface area contributed by atoms with Crippen molar-refractivity contribution in [1.29, 1.82) is 0 Å². The first-order chi connectivity index (χ1) is 9.56. The lowest BCUT2D eigenvalue weighted by atomic mass is 10.2. The molecule has 0 aromatic heterocycles. The van der Waals surface area contributed by atoms with Crippen LogP contribution in [0.4, 0.5) is 14.5 Å². The Morgan fingerprint density at radius 1 is 1.10 bits per heavy atom. The lowest BCUT2D eigenvalue weighted by molar-refractivity contribution is -0.111. The largest absolute Gasteiger partial charge is 0.312 e. The Kier molecular flexibility index (Phi) is 4.49. The number of carbonyl (C=O) groups excluding carboxylic acids is 1. The third-order valence-electron chi connectivity index (χ3n) is 2.35. The zero-order valence-corrected chi connectivity index (χ0v) is 11.7. The molecule has 0 spiro atoms. The smallest absolute Gasteiger partial charge is 0.300 e. The number of hydrogen-bond acceptors (Lipinski definition) is 1. The quantitative estimate of drug-likeness (QED) is 0.624. The first-order valence-electron chi connectivity index (χ1n) is 5.59. The fourth-order valence-electron chi connectivity index (χ4n) is 1.42. The summed E-state index contributed by atoms with van der Waals surface area (Å²) in [4.78, 5) is 11.5. The van der Waals surface area contributed by atoms with E-state index in [-0.39, 0.29) is 10.2 Å². The summed E-state index contributed by atoms with van der Waals surface area (Å²) in [6.07, 6.45) is 0. The zero-order chi connectivity index (χ0) is 14.5. The van der Waals surface area contributed by atoms with E-state index in [1.165, 1.54) is 0 Å². The van der Waals surface area contributed by atoms with Crippen molar-refractivity contribution in [2.45, 2.75) is 0 Å². The monoisotopic (exact) mass is 335 g/mol. The summed E-state index contributed by atoms with van der Waals surface area (Å²) in [5.74, 6) is 2.81. The average molecular weight is 336 g/mol. The standard InChI is InChI=1S/C15H8BrF2NO/c16-11-8-13(18)14(9-12(11)17)19-15(20)7-6-10-4-2-1-3-5-10/h1-5,8-9H,(H,19,20). The number of carbonyl (C=O) groups is 1. The van der Waals surface area contributed by atoms with E-state index in [1.807, 2.05) is 6.07 Å². The van der Waals surface area contributed by atoms with Crippen LogP contribution in [-0.4, -0.2) is 5.91 Å². The molecule has 0 aliphatic heterocycles. The van der Waals surface area contributed by atoms with Gasteiger partial charge in [0.25, 0.3) is 0 Å². The van der Waals surface area contributed by atoms with Gasteiger partial charge in [0.05, 0.1) is 10.2 Å². The van der Waals surface area contributed by atoms with E-state index >= 15 is 0 Å². The molecule has 5 heteroatoms. The van der Waals surface area contributed by atoms with Crippen LogP contribution in [0.15, 0.2) is 46.9 Å². The summed E-state index contributed by atoms with van der Waals surface area (Å²) in [5.41, 5.74) is 0.406. The number of halogens is 3. The first kappa shape index (κ1) is 14.2. The number of benzene rings is 2. The summed E-state index contributed by atoms with van der Waals surface area (Å²) in [5, 5.41) is 2.20. The van der Waals surface area contributed by atoms with Crippen molar-refractivity contribution in [2.24, 2.45) is 0 Å². The molecule has 1 amide bonds. The second-order valence-electron chi connectivity index (χ2n) is 3.82. The minimum Gasteiger partial charge on any atom is -0.312 e. The van der Waals surface area contributed by atoms with Crippen molar-refractivity contribution in [2.75, 3.05) is 5.32 Å². The van der Waals surface area contributed by atoms with Gasteiger partial charge in [0.1, 0.15) is 11.6 Å². The number of anilines is 1. The van der Waals surface area contributed by atoms with E-state index in [0.717, 1.165) is 12.1 Å². The normalized spacial score (nSPS) is 9.55. The highest BCUT2D eigenvalue weighted by Gasteiger charge is 2.09. The third-order valence-corrected chi connectivity index (χ3v) is 2.96. The van der Waals surface area contributed by atoms with Crippen LogP contribution in [-0.2, 0) is 4.79 Å². The maximum absolute atomic E-state index is 13.5. The van der Waals surface area contributed by atoms with Gasteiger partial charge < -0.3 is 5.32 Å². The lowest BCUT2D eigenvalue weighted by Crippen LogP contribution is -2.10. The van der Waals surface area contributed by atoms with E-state index in [0.29, 0.717) is 5.56 Å². The number of hydrogen-bond donors (Lipinski definition) is 1. The Bertz CT molecular complexity index is 705. The van der Waals surface area contributed by atoms with Gasteiger partial charge in [-0.25, -0.2) is 8.78 Å². The van der Waals surface area contributed by atoms with Crippen LogP contribution in [0.25, 0.3) is 0 Å². The van der Waals surface area contributed by atoms with Gasteiger partial charge in [0.2, 0.25) is 0 Å². The van der Waals surface area contributed by atoms with Gasteiger partial charge in [-0.1, -0.05) is 24.1 Å². The van der Waals surface area contributed by atoms with Crippen LogP contribution in [0.2, 0.25) is 0 Å². The summed E-state index contributed by atoms with van der Waals surface area (Å²) >= 11 is 2.85. The second kappa shape index (κ2) is 6.31. The summed E-state index contributed by atoms with van der Waals surface area (Å²) in [7, 11) is 0. The van der Waals surface area contributed by atoms with Gasteiger partial charge in [-0.15, -0.1) is 0 Å². The molecule has 0 radical (unpaired) electrons. The van der Waals surface area contributed by atoms with Crippen molar-refractivity contribution in [3.8, 4) is 11.8 Å². The number of amides is 1. The minimum absolute atomic E-state index is 0.0108. The van der Waals surface area contributed by atoms with Gasteiger partial charge in [-0.2, -0.15) is 0 Å². The van der Waals surface area contributed by atoms with Crippen molar-refractivity contribution in [3.05, 3.63) is 64.1 Å². The maximum atomic E-state index is 13.5. The second-order valence-corrected chi connectivity index (χ2v) is 4.67. The molecule has 0 fully saturated rings. The number of nitrogens with one attached hydrogen (secondary N) is 1. The highest BCUT2D eigenvalue weighted by Crippen LogP contribution is 2.23. The molecule has 0 bridgehead atoms. The van der Waals surface area contributed by atoms with Gasteiger partial charge in [-0.3, -0.25) is 4.79 Å². The van der Waals surface area contributed by atoms with E-state index in [2.05, 4.69) is 33.1 Å².